The number of anilines is 1. The molecule has 4 nitrogen and oxygen atoms in total. The lowest BCUT2D eigenvalue weighted by Crippen LogP contribution is -1.92. The van der Waals surface area contributed by atoms with Crippen LogP contribution in [0.2, 0.25) is 5.02 Å². The van der Waals surface area contributed by atoms with Crippen LogP contribution in [0.5, 0.6) is 0 Å². The molecule has 1 N–H and O–H groups in total. The van der Waals surface area contributed by atoms with Crippen LogP contribution in [-0.2, 0) is 0 Å². The normalized spacial score (nSPS) is 11.3. The van der Waals surface area contributed by atoms with Crippen molar-refractivity contribution in [3.8, 4) is 0 Å². The van der Waals surface area contributed by atoms with E-state index in [9.17, 15) is 0 Å². The molecule has 1 aromatic carbocycles. The number of hydrogen-bond acceptors (Lipinski definition) is 4. The van der Waals surface area contributed by atoms with Crippen LogP contribution in [0.3, 0.4) is 0 Å². The molecule has 20 heavy (non-hydrogen) atoms. The van der Waals surface area contributed by atoms with Gasteiger partial charge in [-0.15, -0.1) is 0 Å². The molecule has 0 amide bonds. The van der Waals surface area contributed by atoms with Crippen LogP contribution < -0.4 is 5.43 Å². The van der Waals surface area contributed by atoms with Crippen LogP contribution in [0, 0.1) is 6.92 Å². The fourth-order valence-corrected chi connectivity index (χ4v) is 2.07. The van der Waals surface area contributed by atoms with Gasteiger partial charge in [0.05, 0.1) is 17.4 Å². The highest BCUT2D eigenvalue weighted by molar-refractivity contribution is 6.31. The summed E-state index contributed by atoms with van der Waals surface area (Å²) in [6.45, 7) is 1.89. The summed E-state index contributed by atoms with van der Waals surface area (Å²) in [7, 11) is 0. The molecule has 3 rings (SSSR count). The lowest BCUT2D eigenvalue weighted by molar-refractivity contribution is 0.528. The molecule has 0 fully saturated rings. The van der Waals surface area contributed by atoms with Gasteiger partial charge in [0.15, 0.2) is 0 Å². The van der Waals surface area contributed by atoms with Crippen LogP contribution >= 0.6 is 11.6 Å². The van der Waals surface area contributed by atoms with Gasteiger partial charge >= 0.3 is 0 Å². The van der Waals surface area contributed by atoms with Crippen molar-refractivity contribution < 1.29 is 4.42 Å². The first-order chi connectivity index (χ1) is 9.72. The Morgan fingerprint density at radius 1 is 1.25 bits per heavy atom. The second-order valence-corrected chi connectivity index (χ2v) is 4.77. The molecule has 0 spiro atoms. The molecule has 0 aliphatic rings. The van der Waals surface area contributed by atoms with Gasteiger partial charge in [-0.1, -0.05) is 11.6 Å². The minimum atomic E-state index is 0.664. The van der Waals surface area contributed by atoms with Gasteiger partial charge < -0.3 is 4.42 Å². The standard InChI is InChI=1S/C15H12ClN3O/c1-10-2-4-12(20-10)9-18-19-14-6-7-17-15-8-11(16)3-5-13(14)15/h2-9H,1H3,(H,17,19). The predicted octanol–water partition coefficient (Wildman–Crippen LogP) is 4.24. The minimum Gasteiger partial charge on any atom is -0.460 e. The lowest BCUT2D eigenvalue weighted by atomic mass is 10.2. The molecular weight excluding hydrogens is 274 g/mol. The molecule has 0 radical (unpaired) electrons. The van der Waals surface area contributed by atoms with E-state index in [0.717, 1.165) is 22.4 Å². The van der Waals surface area contributed by atoms with E-state index in [1.807, 2.05) is 43.3 Å². The van der Waals surface area contributed by atoms with Gasteiger partial charge in [-0.2, -0.15) is 5.10 Å². The third kappa shape index (κ3) is 2.65. The highest BCUT2D eigenvalue weighted by atomic mass is 35.5. The van der Waals surface area contributed by atoms with Crippen LogP contribution in [0.25, 0.3) is 10.9 Å². The van der Waals surface area contributed by atoms with Crippen molar-refractivity contribution in [2.75, 3.05) is 5.43 Å². The van der Waals surface area contributed by atoms with E-state index in [2.05, 4.69) is 15.5 Å². The number of fused-ring (bicyclic) bond motifs is 1. The summed E-state index contributed by atoms with van der Waals surface area (Å²) in [5.74, 6) is 1.56. The van der Waals surface area contributed by atoms with Gasteiger partial charge in [0, 0.05) is 16.6 Å². The third-order valence-electron chi connectivity index (χ3n) is 2.84. The quantitative estimate of drug-likeness (QED) is 0.578. The Bertz CT molecular complexity index is 780. The zero-order chi connectivity index (χ0) is 13.9. The second kappa shape index (κ2) is 5.35. The molecule has 2 heterocycles. The summed E-state index contributed by atoms with van der Waals surface area (Å²) in [6.07, 6.45) is 3.35. The van der Waals surface area contributed by atoms with Gasteiger partial charge in [0.2, 0.25) is 0 Å². The molecule has 0 unspecified atom stereocenters. The number of nitrogens with zero attached hydrogens (tertiary/aromatic N) is 2. The summed E-state index contributed by atoms with van der Waals surface area (Å²) in [6, 6.07) is 11.2. The first-order valence-corrected chi connectivity index (χ1v) is 6.50. The number of pyridine rings is 1. The number of furan rings is 1. The average molecular weight is 286 g/mol. The molecule has 0 saturated carbocycles. The number of halogens is 1. The number of aromatic nitrogens is 1. The van der Waals surface area contributed by atoms with Crippen molar-refractivity contribution in [3.63, 3.8) is 0 Å². The fourth-order valence-electron chi connectivity index (χ4n) is 1.91. The molecule has 2 aromatic heterocycles. The molecular formula is C15H12ClN3O. The molecule has 100 valence electrons. The zero-order valence-electron chi connectivity index (χ0n) is 10.8. The maximum atomic E-state index is 5.96. The Morgan fingerprint density at radius 2 is 2.15 bits per heavy atom. The molecule has 5 heteroatoms. The van der Waals surface area contributed by atoms with Crippen molar-refractivity contribution >= 4 is 34.4 Å². The Balaban J connectivity index is 1.86. The molecule has 0 aliphatic carbocycles. The Labute approximate surface area is 121 Å². The molecule has 0 atom stereocenters. The molecule has 3 aromatic rings. The summed E-state index contributed by atoms with van der Waals surface area (Å²) >= 11 is 5.96. The van der Waals surface area contributed by atoms with Crippen LogP contribution in [0.15, 0.2) is 52.1 Å². The average Bonchev–Trinajstić information content (AvgIpc) is 2.84. The van der Waals surface area contributed by atoms with Gasteiger partial charge in [-0.3, -0.25) is 10.4 Å². The highest BCUT2D eigenvalue weighted by Gasteiger charge is 2.01. The highest BCUT2D eigenvalue weighted by Crippen LogP contribution is 2.24. The number of benzene rings is 1. The predicted molar refractivity (Wildman–Crippen MR) is 81.4 cm³/mol. The summed E-state index contributed by atoms with van der Waals surface area (Å²) in [4.78, 5) is 4.28. The van der Waals surface area contributed by atoms with E-state index in [4.69, 9.17) is 16.0 Å². The van der Waals surface area contributed by atoms with Crippen molar-refractivity contribution in [2.24, 2.45) is 5.10 Å². The van der Waals surface area contributed by atoms with E-state index in [1.165, 1.54) is 0 Å². The van der Waals surface area contributed by atoms with Crippen molar-refractivity contribution in [1.29, 1.82) is 0 Å². The summed E-state index contributed by atoms with van der Waals surface area (Å²) in [5, 5.41) is 5.79. The fraction of sp³-hybridized carbons (Fsp3) is 0.0667. The summed E-state index contributed by atoms with van der Waals surface area (Å²) in [5.41, 5.74) is 4.68. The number of nitrogens with one attached hydrogen (secondary N) is 1. The van der Waals surface area contributed by atoms with Crippen molar-refractivity contribution in [2.45, 2.75) is 6.92 Å². The Hall–Kier alpha value is -2.33. The number of aryl methyl sites for hydroxylation is 1. The Kier molecular flexibility index (Phi) is 3.39. The first-order valence-electron chi connectivity index (χ1n) is 6.12. The van der Waals surface area contributed by atoms with Crippen LogP contribution in [-0.4, -0.2) is 11.2 Å². The van der Waals surface area contributed by atoms with E-state index in [1.54, 1.807) is 12.4 Å². The third-order valence-corrected chi connectivity index (χ3v) is 3.08. The van der Waals surface area contributed by atoms with E-state index in [0.29, 0.717) is 10.8 Å². The molecule has 0 saturated heterocycles. The van der Waals surface area contributed by atoms with Crippen LogP contribution in [0.4, 0.5) is 5.69 Å². The lowest BCUT2D eigenvalue weighted by Gasteiger charge is -2.04. The number of rotatable bonds is 3. The maximum Gasteiger partial charge on any atom is 0.147 e. The second-order valence-electron chi connectivity index (χ2n) is 4.34. The molecule has 0 bridgehead atoms. The van der Waals surface area contributed by atoms with E-state index < -0.39 is 0 Å². The topological polar surface area (TPSA) is 50.4 Å². The first kappa shape index (κ1) is 12.7. The smallest absolute Gasteiger partial charge is 0.147 e. The minimum absolute atomic E-state index is 0.664. The van der Waals surface area contributed by atoms with Crippen molar-refractivity contribution in [1.82, 2.24) is 4.98 Å². The van der Waals surface area contributed by atoms with E-state index >= 15 is 0 Å². The van der Waals surface area contributed by atoms with Crippen molar-refractivity contribution in [3.05, 3.63) is 59.1 Å². The van der Waals surface area contributed by atoms with Gasteiger partial charge in [-0.05, 0) is 43.3 Å². The Morgan fingerprint density at radius 3 is 2.95 bits per heavy atom. The van der Waals surface area contributed by atoms with Gasteiger partial charge in [-0.25, -0.2) is 0 Å². The molecule has 0 aliphatic heterocycles. The maximum absolute atomic E-state index is 5.96. The van der Waals surface area contributed by atoms with Gasteiger partial charge in [0.1, 0.15) is 11.5 Å². The monoisotopic (exact) mass is 285 g/mol. The zero-order valence-corrected chi connectivity index (χ0v) is 11.6. The van der Waals surface area contributed by atoms with Gasteiger partial charge in [0.25, 0.3) is 0 Å². The largest absolute Gasteiger partial charge is 0.460 e. The SMILES string of the molecule is Cc1ccc(C=NNc2ccnc3cc(Cl)ccc23)o1. The van der Waals surface area contributed by atoms with E-state index in [-0.39, 0.29) is 0 Å². The number of hydrazone groups is 1. The number of hydrogen-bond donors (Lipinski definition) is 1. The van der Waals surface area contributed by atoms with Crippen LogP contribution in [0.1, 0.15) is 11.5 Å². The summed E-state index contributed by atoms with van der Waals surface area (Å²) < 4.78 is 5.41.